The Morgan fingerprint density at radius 3 is 2.11 bits per heavy atom. The minimum atomic E-state index is -1.20. The third kappa shape index (κ3) is 3.05. The van der Waals surface area contributed by atoms with Crippen molar-refractivity contribution >= 4 is 16.5 Å². The van der Waals surface area contributed by atoms with E-state index in [1.54, 1.807) is 12.1 Å². The summed E-state index contributed by atoms with van der Waals surface area (Å²) in [6, 6.07) is 18.4. The van der Waals surface area contributed by atoms with Gasteiger partial charge in [0.1, 0.15) is 0 Å². The molecule has 2 rings (SSSR count). The second kappa shape index (κ2) is 6.12. The summed E-state index contributed by atoms with van der Waals surface area (Å²) in [4.78, 5) is 0.731. The number of hydrogen-bond donors (Lipinski definition) is 1. The van der Waals surface area contributed by atoms with Crippen LogP contribution in [0.2, 0.25) is 0 Å². The summed E-state index contributed by atoms with van der Waals surface area (Å²) in [5.74, 6) is 0.199. The fourth-order valence-electron chi connectivity index (χ4n) is 1.58. The Morgan fingerprint density at radius 2 is 1.56 bits per heavy atom. The molecule has 2 aromatic carbocycles. The standard InChI is InChI=1S/C14H13NO2S/c16-15-14(12-7-3-1-4-8-12)11-18(17)13-9-5-2-6-10-13/h1-10,16H,11H2/b15-14-/t18-/m1/s1. The van der Waals surface area contributed by atoms with E-state index in [1.165, 1.54) is 0 Å². The van der Waals surface area contributed by atoms with E-state index in [2.05, 4.69) is 5.16 Å². The lowest BCUT2D eigenvalue weighted by Gasteiger charge is -2.04. The highest BCUT2D eigenvalue weighted by molar-refractivity contribution is 7.85. The van der Waals surface area contributed by atoms with Crippen LogP contribution in [0.1, 0.15) is 5.56 Å². The lowest BCUT2D eigenvalue weighted by molar-refractivity contribution is 0.319. The molecule has 2 aromatic rings. The molecule has 0 unspecified atom stereocenters. The highest BCUT2D eigenvalue weighted by atomic mass is 32.2. The number of benzene rings is 2. The lowest BCUT2D eigenvalue weighted by Crippen LogP contribution is -2.12. The Hall–Kier alpha value is -1.94. The van der Waals surface area contributed by atoms with Crippen molar-refractivity contribution in [2.75, 3.05) is 5.75 Å². The summed E-state index contributed by atoms with van der Waals surface area (Å²) < 4.78 is 12.1. The van der Waals surface area contributed by atoms with Gasteiger partial charge in [-0.3, -0.25) is 4.21 Å². The maximum absolute atomic E-state index is 12.1. The minimum Gasteiger partial charge on any atom is -0.411 e. The molecule has 0 aromatic heterocycles. The van der Waals surface area contributed by atoms with Crippen LogP contribution in [0.15, 0.2) is 70.7 Å². The van der Waals surface area contributed by atoms with Crippen molar-refractivity contribution in [3.8, 4) is 0 Å². The summed E-state index contributed by atoms with van der Waals surface area (Å²) in [7, 11) is -1.20. The Labute approximate surface area is 108 Å². The van der Waals surface area contributed by atoms with Gasteiger partial charge in [0.25, 0.3) is 0 Å². The average Bonchev–Trinajstić information content (AvgIpc) is 2.46. The monoisotopic (exact) mass is 259 g/mol. The van der Waals surface area contributed by atoms with Crippen molar-refractivity contribution in [2.24, 2.45) is 5.16 Å². The zero-order valence-corrected chi connectivity index (χ0v) is 10.5. The van der Waals surface area contributed by atoms with Gasteiger partial charge < -0.3 is 5.21 Å². The maximum atomic E-state index is 12.1. The minimum absolute atomic E-state index is 0.199. The van der Waals surface area contributed by atoms with Crippen molar-refractivity contribution in [3.63, 3.8) is 0 Å². The molecule has 0 aliphatic heterocycles. The molecule has 0 spiro atoms. The molecular formula is C14H13NO2S. The second-order valence-corrected chi connectivity index (χ2v) is 5.17. The van der Waals surface area contributed by atoms with Crippen molar-refractivity contribution in [3.05, 3.63) is 66.2 Å². The average molecular weight is 259 g/mol. The van der Waals surface area contributed by atoms with Gasteiger partial charge in [-0.15, -0.1) is 0 Å². The molecule has 0 saturated carbocycles. The molecule has 0 fully saturated rings. The molecule has 0 radical (unpaired) electrons. The smallest absolute Gasteiger partial charge is 0.0996 e. The van der Waals surface area contributed by atoms with Crippen molar-refractivity contribution in [2.45, 2.75) is 4.90 Å². The first kappa shape index (κ1) is 12.5. The van der Waals surface area contributed by atoms with Crippen LogP contribution in [-0.2, 0) is 10.8 Å². The van der Waals surface area contributed by atoms with E-state index in [0.717, 1.165) is 10.5 Å². The molecule has 3 nitrogen and oxygen atoms in total. The molecule has 4 heteroatoms. The van der Waals surface area contributed by atoms with Gasteiger partial charge in [0, 0.05) is 10.5 Å². The van der Waals surface area contributed by atoms with Gasteiger partial charge in [0.15, 0.2) is 0 Å². The lowest BCUT2D eigenvalue weighted by atomic mass is 10.1. The maximum Gasteiger partial charge on any atom is 0.0996 e. The molecule has 1 N–H and O–H groups in total. The van der Waals surface area contributed by atoms with Crippen molar-refractivity contribution in [1.29, 1.82) is 0 Å². The van der Waals surface area contributed by atoms with Crippen LogP contribution in [-0.4, -0.2) is 20.9 Å². The predicted octanol–water partition coefficient (Wildman–Crippen LogP) is 2.67. The topological polar surface area (TPSA) is 49.7 Å². The molecule has 1 atom stereocenters. The second-order valence-electron chi connectivity index (χ2n) is 3.72. The molecule has 0 aliphatic carbocycles. The van der Waals surface area contributed by atoms with Gasteiger partial charge >= 0.3 is 0 Å². The van der Waals surface area contributed by atoms with Crippen molar-refractivity contribution < 1.29 is 9.42 Å². The molecule has 0 bridgehead atoms. The quantitative estimate of drug-likeness (QED) is 0.521. The van der Waals surface area contributed by atoms with E-state index in [0.29, 0.717) is 5.71 Å². The molecule has 92 valence electrons. The van der Waals surface area contributed by atoms with E-state index in [1.807, 2.05) is 48.5 Å². The first-order chi connectivity index (χ1) is 8.81. The van der Waals surface area contributed by atoms with E-state index in [4.69, 9.17) is 5.21 Å². The highest BCUT2D eigenvalue weighted by Gasteiger charge is 2.10. The zero-order chi connectivity index (χ0) is 12.8. The summed E-state index contributed by atoms with van der Waals surface area (Å²) in [5, 5.41) is 12.3. The summed E-state index contributed by atoms with van der Waals surface area (Å²) in [6.07, 6.45) is 0. The Balaban J connectivity index is 2.16. The summed E-state index contributed by atoms with van der Waals surface area (Å²) in [5.41, 5.74) is 1.21. The van der Waals surface area contributed by atoms with Crippen LogP contribution in [0, 0.1) is 0 Å². The van der Waals surface area contributed by atoms with Gasteiger partial charge in [-0.1, -0.05) is 53.7 Å². The molecule has 0 heterocycles. The number of oxime groups is 1. The summed E-state index contributed by atoms with van der Waals surface area (Å²) >= 11 is 0. The fourth-order valence-corrected chi connectivity index (χ4v) is 2.68. The van der Waals surface area contributed by atoms with E-state index >= 15 is 0 Å². The summed E-state index contributed by atoms with van der Waals surface area (Å²) in [6.45, 7) is 0. The Morgan fingerprint density at radius 1 is 1.00 bits per heavy atom. The van der Waals surface area contributed by atoms with Gasteiger partial charge in [-0.2, -0.15) is 0 Å². The van der Waals surface area contributed by atoms with Crippen LogP contribution in [0.25, 0.3) is 0 Å². The van der Waals surface area contributed by atoms with Crippen molar-refractivity contribution in [1.82, 2.24) is 0 Å². The molecule has 18 heavy (non-hydrogen) atoms. The van der Waals surface area contributed by atoms with E-state index < -0.39 is 10.8 Å². The highest BCUT2D eigenvalue weighted by Crippen LogP contribution is 2.09. The largest absolute Gasteiger partial charge is 0.411 e. The first-order valence-corrected chi connectivity index (χ1v) is 6.83. The molecule has 0 aliphatic rings. The Bertz CT molecular complexity index is 553. The molecule has 0 saturated heterocycles. The fraction of sp³-hybridized carbons (Fsp3) is 0.0714. The number of nitrogens with zero attached hydrogens (tertiary/aromatic N) is 1. The van der Waals surface area contributed by atoms with Gasteiger partial charge in [0.05, 0.1) is 22.3 Å². The molecular weight excluding hydrogens is 246 g/mol. The Kier molecular flexibility index (Phi) is 4.25. The van der Waals surface area contributed by atoms with Crippen LogP contribution < -0.4 is 0 Å². The van der Waals surface area contributed by atoms with E-state index in [-0.39, 0.29) is 5.75 Å². The van der Waals surface area contributed by atoms with Crippen LogP contribution in [0.3, 0.4) is 0 Å². The number of rotatable bonds is 4. The number of hydrogen-bond acceptors (Lipinski definition) is 3. The zero-order valence-electron chi connectivity index (χ0n) is 9.69. The van der Waals surface area contributed by atoms with Crippen LogP contribution in [0.4, 0.5) is 0 Å². The van der Waals surface area contributed by atoms with E-state index in [9.17, 15) is 4.21 Å². The van der Waals surface area contributed by atoms with Crippen LogP contribution in [0.5, 0.6) is 0 Å². The normalized spacial score (nSPS) is 13.2. The van der Waals surface area contributed by atoms with Gasteiger partial charge in [-0.25, -0.2) is 0 Å². The van der Waals surface area contributed by atoms with Crippen LogP contribution >= 0.6 is 0 Å². The predicted molar refractivity (Wildman–Crippen MR) is 72.5 cm³/mol. The van der Waals surface area contributed by atoms with Gasteiger partial charge in [-0.05, 0) is 12.1 Å². The third-order valence-corrected chi connectivity index (χ3v) is 3.84. The SMILES string of the molecule is O=[S@](C/C(=N/O)c1ccccc1)c1ccccc1. The third-order valence-electron chi connectivity index (χ3n) is 2.50. The van der Waals surface area contributed by atoms with Gasteiger partial charge in [0.2, 0.25) is 0 Å². The molecule has 0 amide bonds. The first-order valence-electron chi connectivity index (χ1n) is 5.51.